The number of pyridine rings is 1. The highest BCUT2D eigenvalue weighted by atomic mass is 16.5. The van der Waals surface area contributed by atoms with Crippen molar-refractivity contribution < 1.29 is 4.74 Å². The van der Waals surface area contributed by atoms with Crippen molar-refractivity contribution in [2.75, 3.05) is 53.4 Å². The SMILES string of the molecule is COc1cc(C)nc(CN(C)CCN2CCNCC2)c1. The molecule has 0 bridgehead atoms. The number of hydrogen-bond donors (Lipinski definition) is 1. The normalized spacial score (nSPS) is 16.6. The Labute approximate surface area is 121 Å². The highest BCUT2D eigenvalue weighted by Gasteiger charge is 2.10. The van der Waals surface area contributed by atoms with Crippen molar-refractivity contribution in [1.29, 1.82) is 0 Å². The van der Waals surface area contributed by atoms with Gasteiger partial charge in [-0.1, -0.05) is 0 Å². The van der Waals surface area contributed by atoms with Crippen LogP contribution < -0.4 is 10.1 Å². The molecule has 0 aromatic carbocycles. The van der Waals surface area contributed by atoms with Crippen molar-refractivity contribution in [2.24, 2.45) is 0 Å². The molecule has 1 fully saturated rings. The molecular weight excluding hydrogens is 252 g/mol. The van der Waals surface area contributed by atoms with E-state index < -0.39 is 0 Å². The Balaban J connectivity index is 1.81. The van der Waals surface area contributed by atoms with Crippen molar-refractivity contribution in [3.8, 4) is 5.75 Å². The van der Waals surface area contributed by atoms with Gasteiger partial charge in [-0.05, 0) is 14.0 Å². The predicted molar refractivity (Wildman–Crippen MR) is 81.2 cm³/mol. The number of ether oxygens (including phenoxy) is 1. The van der Waals surface area contributed by atoms with E-state index in [2.05, 4.69) is 27.1 Å². The summed E-state index contributed by atoms with van der Waals surface area (Å²) in [6.45, 7) is 9.60. The molecule has 0 radical (unpaired) electrons. The molecule has 1 aliphatic rings. The van der Waals surface area contributed by atoms with E-state index in [1.54, 1.807) is 7.11 Å². The van der Waals surface area contributed by atoms with Crippen molar-refractivity contribution in [3.05, 3.63) is 23.5 Å². The highest BCUT2D eigenvalue weighted by Crippen LogP contribution is 2.14. The number of rotatable bonds is 6. The molecule has 0 aliphatic carbocycles. The Hall–Kier alpha value is -1.17. The molecule has 20 heavy (non-hydrogen) atoms. The van der Waals surface area contributed by atoms with Crippen LogP contribution in [0.2, 0.25) is 0 Å². The summed E-state index contributed by atoms with van der Waals surface area (Å²) in [7, 11) is 3.85. The lowest BCUT2D eigenvalue weighted by Gasteiger charge is -2.29. The van der Waals surface area contributed by atoms with Gasteiger partial charge in [0.15, 0.2) is 0 Å². The van der Waals surface area contributed by atoms with Crippen LogP contribution in [0.1, 0.15) is 11.4 Å². The molecule has 0 unspecified atom stereocenters. The van der Waals surface area contributed by atoms with E-state index in [9.17, 15) is 0 Å². The van der Waals surface area contributed by atoms with Crippen molar-refractivity contribution >= 4 is 0 Å². The largest absolute Gasteiger partial charge is 0.497 e. The summed E-state index contributed by atoms with van der Waals surface area (Å²) in [5, 5.41) is 3.38. The second-order valence-electron chi connectivity index (χ2n) is 5.47. The molecule has 0 spiro atoms. The van der Waals surface area contributed by atoms with Crippen LogP contribution >= 0.6 is 0 Å². The second-order valence-corrected chi connectivity index (χ2v) is 5.47. The van der Waals surface area contributed by atoms with Gasteiger partial charge in [0, 0.05) is 63.6 Å². The molecule has 1 aromatic heterocycles. The first-order valence-electron chi connectivity index (χ1n) is 7.30. The summed E-state index contributed by atoms with van der Waals surface area (Å²) in [5.74, 6) is 0.892. The van der Waals surface area contributed by atoms with E-state index in [0.717, 1.165) is 63.0 Å². The van der Waals surface area contributed by atoms with E-state index in [1.165, 1.54) is 0 Å². The molecular formula is C15H26N4O. The third-order valence-corrected chi connectivity index (χ3v) is 3.66. The first-order valence-corrected chi connectivity index (χ1v) is 7.30. The number of piperazine rings is 1. The van der Waals surface area contributed by atoms with E-state index in [4.69, 9.17) is 4.74 Å². The Morgan fingerprint density at radius 2 is 2.10 bits per heavy atom. The van der Waals surface area contributed by atoms with Crippen LogP contribution in [-0.4, -0.2) is 68.2 Å². The van der Waals surface area contributed by atoms with E-state index >= 15 is 0 Å². The van der Waals surface area contributed by atoms with Crippen LogP contribution in [0.5, 0.6) is 5.75 Å². The first-order chi connectivity index (χ1) is 9.67. The Bertz CT molecular complexity index is 418. The third-order valence-electron chi connectivity index (χ3n) is 3.66. The Morgan fingerprint density at radius 3 is 2.80 bits per heavy atom. The fourth-order valence-corrected chi connectivity index (χ4v) is 2.50. The van der Waals surface area contributed by atoms with Gasteiger partial charge < -0.3 is 10.1 Å². The summed E-state index contributed by atoms with van der Waals surface area (Å²) in [5.41, 5.74) is 2.08. The van der Waals surface area contributed by atoms with E-state index in [-0.39, 0.29) is 0 Å². The number of methoxy groups -OCH3 is 1. The van der Waals surface area contributed by atoms with Crippen molar-refractivity contribution in [2.45, 2.75) is 13.5 Å². The van der Waals surface area contributed by atoms with Crippen LogP contribution in [0, 0.1) is 6.92 Å². The molecule has 112 valence electrons. The van der Waals surface area contributed by atoms with Crippen LogP contribution in [0.4, 0.5) is 0 Å². The number of aryl methyl sites for hydroxylation is 1. The summed E-state index contributed by atoms with van der Waals surface area (Å²) >= 11 is 0. The van der Waals surface area contributed by atoms with Gasteiger partial charge in [-0.3, -0.25) is 14.8 Å². The van der Waals surface area contributed by atoms with Gasteiger partial charge in [0.1, 0.15) is 5.75 Å². The lowest BCUT2D eigenvalue weighted by Crippen LogP contribution is -2.45. The summed E-state index contributed by atoms with van der Waals surface area (Å²) < 4.78 is 5.30. The molecule has 1 saturated heterocycles. The Morgan fingerprint density at radius 1 is 1.35 bits per heavy atom. The van der Waals surface area contributed by atoms with Crippen LogP contribution in [-0.2, 0) is 6.54 Å². The molecule has 1 N–H and O–H groups in total. The zero-order valence-corrected chi connectivity index (χ0v) is 12.9. The summed E-state index contributed by atoms with van der Waals surface area (Å²) in [4.78, 5) is 9.41. The van der Waals surface area contributed by atoms with Crippen LogP contribution in [0.25, 0.3) is 0 Å². The number of likely N-dealkylation sites (N-methyl/N-ethyl adjacent to an activating group) is 1. The van der Waals surface area contributed by atoms with E-state index in [0.29, 0.717) is 0 Å². The quantitative estimate of drug-likeness (QED) is 0.831. The summed E-state index contributed by atoms with van der Waals surface area (Å²) in [6.07, 6.45) is 0. The lowest BCUT2D eigenvalue weighted by molar-refractivity contribution is 0.201. The highest BCUT2D eigenvalue weighted by molar-refractivity contribution is 5.26. The summed E-state index contributed by atoms with van der Waals surface area (Å²) in [6, 6.07) is 3.98. The average Bonchev–Trinajstić information content (AvgIpc) is 2.45. The fourth-order valence-electron chi connectivity index (χ4n) is 2.50. The molecule has 1 aromatic rings. The monoisotopic (exact) mass is 278 g/mol. The standard InChI is InChI=1S/C15H26N4O/c1-13-10-15(20-3)11-14(17-13)12-18(2)8-9-19-6-4-16-5-7-19/h10-11,16H,4-9,12H2,1-3H3. The van der Waals surface area contributed by atoms with Crippen LogP contribution in [0.3, 0.4) is 0 Å². The minimum Gasteiger partial charge on any atom is -0.497 e. The fraction of sp³-hybridized carbons (Fsp3) is 0.667. The van der Waals surface area contributed by atoms with Gasteiger partial charge in [-0.15, -0.1) is 0 Å². The molecule has 5 heteroatoms. The maximum absolute atomic E-state index is 5.30. The van der Waals surface area contributed by atoms with Gasteiger partial charge in [-0.25, -0.2) is 0 Å². The lowest BCUT2D eigenvalue weighted by atomic mass is 10.2. The topological polar surface area (TPSA) is 40.6 Å². The number of nitrogens with one attached hydrogen (secondary N) is 1. The van der Waals surface area contributed by atoms with Gasteiger partial charge >= 0.3 is 0 Å². The van der Waals surface area contributed by atoms with Crippen molar-refractivity contribution in [1.82, 2.24) is 20.1 Å². The number of aromatic nitrogens is 1. The number of nitrogens with zero attached hydrogens (tertiary/aromatic N) is 3. The minimum absolute atomic E-state index is 0.865. The van der Waals surface area contributed by atoms with Gasteiger partial charge in [0.05, 0.1) is 12.8 Å². The molecule has 0 amide bonds. The smallest absolute Gasteiger partial charge is 0.122 e. The maximum Gasteiger partial charge on any atom is 0.122 e. The molecule has 1 aliphatic heterocycles. The maximum atomic E-state index is 5.30. The Kier molecular flexibility index (Phi) is 5.76. The molecule has 0 saturated carbocycles. The van der Waals surface area contributed by atoms with Gasteiger partial charge in [-0.2, -0.15) is 0 Å². The molecule has 0 atom stereocenters. The average molecular weight is 278 g/mol. The van der Waals surface area contributed by atoms with Gasteiger partial charge in [0.25, 0.3) is 0 Å². The van der Waals surface area contributed by atoms with Crippen LogP contribution in [0.15, 0.2) is 12.1 Å². The first kappa shape index (κ1) is 15.2. The van der Waals surface area contributed by atoms with E-state index in [1.807, 2.05) is 19.1 Å². The zero-order valence-electron chi connectivity index (χ0n) is 12.9. The minimum atomic E-state index is 0.865. The molecule has 2 rings (SSSR count). The van der Waals surface area contributed by atoms with Crippen molar-refractivity contribution in [3.63, 3.8) is 0 Å². The second kappa shape index (κ2) is 7.57. The number of hydrogen-bond acceptors (Lipinski definition) is 5. The molecule has 5 nitrogen and oxygen atoms in total. The molecule has 2 heterocycles. The van der Waals surface area contributed by atoms with Gasteiger partial charge in [0.2, 0.25) is 0 Å². The third kappa shape index (κ3) is 4.74. The predicted octanol–water partition coefficient (Wildman–Crippen LogP) is 0.736. The zero-order chi connectivity index (χ0) is 14.4.